The number of aromatic nitrogens is 1. The van der Waals surface area contributed by atoms with E-state index in [1.165, 1.54) is 17.7 Å². The molecule has 3 rings (SSSR count). The normalized spacial score (nSPS) is 12.4. The van der Waals surface area contributed by atoms with Crippen molar-refractivity contribution in [2.75, 3.05) is 20.6 Å². The highest BCUT2D eigenvalue weighted by Crippen LogP contribution is 2.23. The van der Waals surface area contributed by atoms with Crippen LogP contribution >= 0.6 is 11.3 Å². The molecule has 1 unspecified atom stereocenters. The first-order chi connectivity index (χ1) is 12.9. The van der Waals surface area contributed by atoms with Crippen molar-refractivity contribution in [1.29, 1.82) is 0 Å². The predicted molar refractivity (Wildman–Crippen MR) is 108 cm³/mol. The molecule has 3 aromatic rings. The molecular weight excluding hydrogens is 361 g/mol. The molecule has 2 heterocycles. The SMILES string of the molecule is Cc1cc(C(=O)NCC(c2ccsc2)N(C)C)c(C)n1-c1ccc(F)cc1. The zero-order valence-corrected chi connectivity index (χ0v) is 16.8. The summed E-state index contributed by atoms with van der Waals surface area (Å²) in [6.07, 6.45) is 0. The van der Waals surface area contributed by atoms with Crippen molar-refractivity contribution >= 4 is 17.2 Å². The number of likely N-dealkylation sites (N-methyl/N-ethyl adjacent to an activating group) is 1. The number of thiophene rings is 1. The third kappa shape index (κ3) is 4.12. The van der Waals surface area contributed by atoms with Gasteiger partial charge >= 0.3 is 0 Å². The van der Waals surface area contributed by atoms with E-state index in [9.17, 15) is 9.18 Å². The minimum atomic E-state index is -0.276. The summed E-state index contributed by atoms with van der Waals surface area (Å²) in [5.41, 5.74) is 4.46. The highest BCUT2D eigenvalue weighted by molar-refractivity contribution is 7.07. The molecule has 4 nitrogen and oxygen atoms in total. The lowest BCUT2D eigenvalue weighted by Gasteiger charge is -2.24. The van der Waals surface area contributed by atoms with Crippen LogP contribution in [0.25, 0.3) is 5.69 Å². The number of carbonyl (C=O) groups excluding carboxylic acids is 1. The number of nitrogens with one attached hydrogen (secondary N) is 1. The van der Waals surface area contributed by atoms with Crippen LogP contribution in [0.3, 0.4) is 0 Å². The Bertz CT molecular complexity index is 914. The van der Waals surface area contributed by atoms with Crippen molar-refractivity contribution in [2.45, 2.75) is 19.9 Å². The van der Waals surface area contributed by atoms with Crippen molar-refractivity contribution in [1.82, 2.24) is 14.8 Å². The third-order valence-electron chi connectivity index (χ3n) is 4.77. The lowest BCUT2D eigenvalue weighted by atomic mass is 10.1. The molecule has 0 bridgehead atoms. The Morgan fingerprint density at radius 1 is 1.22 bits per heavy atom. The van der Waals surface area contributed by atoms with Crippen LogP contribution in [0.1, 0.15) is 33.4 Å². The molecule has 0 radical (unpaired) electrons. The molecule has 1 amide bonds. The molecule has 0 aliphatic carbocycles. The summed E-state index contributed by atoms with van der Waals surface area (Å²) >= 11 is 1.65. The minimum Gasteiger partial charge on any atom is -0.350 e. The smallest absolute Gasteiger partial charge is 0.253 e. The molecule has 0 aliphatic rings. The van der Waals surface area contributed by atoms with Gasteiger partial charge in [-0.3, -0.25) is 4.79 Å². The number of nitrogens with zero attached hydrogens (tertiary/aromatic N) is 2. The molecule has 1 aromatic carbocycles. The second-order valence-corrected chi connectivity index (χ2v) is 7.62. The van der Waals surface area contributed by atoms with E-state index in [4.69, 9.17) is 0 Å². The molecule has 0 saturated carbocycles. The Kier molecular flexibility index (Phi) is 5.77. The van der Waals surface area contributed by atoms with Gasteiger partial charge in [0.15, 0.2) is 0 Å². The minimum absolute atomic E-state index is 0.0986. The monoisotopic (exact) mass is 385 g/mol. The summed E-state index contributed by atoms with van der Waals surface area (Å²) in [7, 11) is 4.02. The fourth-order valence-electron chi connectivity index (χ4n) is 3.33. The van der Waals surface area contributed by atoms with E-state index in [-0.39, 0.29) is 17.8 Å². The number of hydrogen-bond acceptors (Lipinski definition) is 3. The standard InChI is InChI=1S/C21H24FN3OS/c1-14-11-19(15(2)25(14)18-7-5-17(22)6-8-18)21(26)23-12-20(24(3)4)16-9-10-27-13-16/h5-11,13,20H,12H2,1-4H3,(H,23,26). The molecule has 0 aliphatic heterocycles. The van der Waals surface area contributed by atoms with Crippen molar-refractivity contribution in [3.8, 4) is 5.69 Å². The van der Waals surface area contributed by atoms with Gasteiger partial charge in [-0.05, 0) is 80.7 Å². The quantitative estimate of drug-likeness (QED) is 0.686. The highest BCUT2D eigenvalue weighted by Gasteiger charge is 2.20. The van der Waals surface area contributed by atoms with Gasteiger partial charge in [0.1, 0.15) is 5.82 Å². The molecule has 27 heavy (non-hydrogen) atoms. The third-order valence-corrected chi connectivity index (χ3v) is 5.47. The Hall–Kier alpha value is -2.44. The van der Waals surface area contributed by atoms with Gasteiger partial charge in [0.05, 0.1) is 11.6 Å². The number of halogens is 1. The van der Waals surface area contributed by atoms with Crippen LogP contribution in [0, 0.1) is 19.7 Å². The average Bonchev–Trinajstić information content (AvgIpc) is 3.24. The van der Waals surface area contributed by atoms with Crippen LogP contribution in [-0.2, 0) is 0 Å². The van der Waals surface area contributed by atoms with E-state index in [1.54, 1.807) is 23.5 Å². The number of aryl methyl sites for hydroxylation is 1. The summed E-state index contributed by atoms with van der Waals surface area (Å²) in [6, 6.07) is 10.4. The molecule has 0 saturated heterocycles. The lowest BCUT2D eigenvalue weighted by molar-refractivity contribution is 0.0941. The number of hydrogen-bond donors (Lipinski definition) is 1. The number of benzene rings is 1. The molecular formula is C21H24FN3OS. The van der Waals surface area contributed by atoms with Crippen molar-refractivity contribution in [3.63, 3.8) is 0 Å². The zero-order chi connectivity index (χ0) is 19.6. The Morgan fingerprint density at radius 2 is 1.93 bits per heavy atom. The first-order valence-electron chi connectivity index (χ1n) is 8.80. The summed E-state index contributed by atoms with van der Waals surface area (Å²) in [4.78, 5) is 14.9. The fraction of sp³-hybridized carbons (Fsp3) is 0.286. The molecule has 0 spiro atoms. The van der Waals surface area contributed by atoms with Gasteiger partial charge in [-0.2, -0.15) is 11.3 Å². The van der Waals surface area contributed by atoms with Gasteiger partial charge in [0, 0.05) is 23.6 Å². The Balaban J connectivity index is 1.79. The molecule has 2 aromatic heterocycles. The second-order valence-electron chi connectivity index (χ2n) is 6.84. The molecule has 1 atom stereocenters. The van der Waals surface area contributed by atoms with Crippen molar-refractivity contribution in [3.05, 3.63) is 75.5 Å². The van der Waals surface area contributed by atoms with Gasteiger partial charge < -0.3 is 14.8 Å². The lowest BCUT2D eigenvalue weighted by Crippen LogP contribution is -2.34. The maximum atomic E-state index is 13.2. The second kappa shape index (κ2) is 8.06. The van der Waals surface area contributed by atoms with Crippen LogP contribution < -0.4 is 5.32 Å². The van der Waals surface area contributed by atoms with Crippen LogP contribution in [0.15, 0.2) is 47.2 Å². The van der Waals surface area contributed by atoms with Crippen molar-refractivity contribution in [2.24, 2.45) is 0 Å². The number of carbonyl (C=O) groups is 1. The first kappa shape index (κ1) is 19.3. The van der Waals surface area contributed by atoms with Gasteiger partial charge in [-0.25, -0.2) is 4.39 Å². The molecule has 0 fully saturated rings. The van der Waals surface area contributed by atoms with Crippen LogP contribution in [-0.4, -0.2) is 36.0 Å². The number of rotatable bonds is 6. The molecule has 142 valence electrons. The average molecular weight is 386 g/mol. The first-order valence-corrected chi connectivity index (χ1v) is 9.74. The Morgan fingerprint density at radius 3 is 2.52 bits per heavy atom. The van der Waals surface area contributed by atoms with Gasteiger partial charge in [-0.1, -0.05) is 0 Å². The van der Waals surface area contributed by atoms with Gasteiger partial charge in [0.25, 0.3) is 5.91 Å². The highest BCUT2D eigenvalue weighted by atomic mass is 32.1. The summed E-state index contributed by atoms with van der Waals surface area (Å²) in [5.74, 6) is -0.374. The molecule has 1 N–H and O–H groups in total. The summed E-state index contributed by atoms with van der Waals surface area (Å²) < 4.78 is 15.2. The zero-order valence-electron chi connectivity index (χ0n) is 16.0. The van der Waals surface area contributed by atoms with E-state index in [2.05, 4.69) is 21.7 Å². The van der Waals surface area contributed by atoms with Gasteiger partial charge in [-0.15, -0.1) is 0 Å². The van der Waals surface area contributed by atoms with Crippen LogP contribution in [0.2, 0.25) is 0 Å². The van der Waals surface area contributed by atoms with E-state index < -0.39 is 0 Å². The van der Waals surface area contributed by atoms with Crippen molar-refractivity contribution < 1.29 is 9.18 Å². The Labute approximate surface area is 163 Å². The van der Waals surface area contributed by atoms with E-state index in [0.29, 0.717) is 12.1 Å². The maximum Gasteiger partial charge on any atom is 0.253 e. The molecule has 6 heteroatoms. The summed E-state index contributed by atoms with van der Waals surface area (Å²) in [5, 5.41) is 7.22. The van der Waals surface area contributed by atoms with Crippen LogP contribution in [0.4, 0.5) is 4.39 Å². The van der Waals surface area contributed by atoms with Crippen LogP contribution in [0.5, 0.6) is 0 Å². The van der Waals surface area contributed by atoms with E-state index in [0.717, 1.165) is 17.1 Å². The fourth-order valence-corrected chi connectivity index (χ4v) is 4.03. The summed E-state index contributed by atoms with van der Waals surface area (Å²) in [6.45, 7) is 4.39. The van der Waals surface area contributed by atoms with E-state index >= 15 is 0 Å². The maximum absolute atomic E-state index is 13.2. The largest absolute Gasteiger partial charge is 0.350 e. The predicted octanol–water partition coefficient (Wildman–Crippen LogP) is 4.33. The number of amides is 1. The van der Waals surface area contributed by atoms with E-state index in [1.807, 2.05) is 44.0 Å². The van der Waals surface area contributed by atoms with Gasteiger partial charge in [0.2, 0.25) is 0 Å². The topological polar surface area (TPSA) is 37.3 Å².